The van der Waals surface area contributed by atoms with E-state index in [0.717, 1.165) is 55.6 Å². The molecule has 4 heterocycles. The predicted octanol–water partition coefficient (Wildman–Crippen LogP) is 3.69. The third kappa shape index (κ3) is 5.87. The molecule has 1 fully saturated rings. The zero-order valence-electron chi connectivity index (χ0n) is 18.5. The number of aryl methyl sites for hydroxylation is 2. The molecule has 31 heavy (non-hydrogen) atoms. The number of imidazole rings is 1. The molecular formula is C23H32IN7. The molecule has 0 spiro atoms. The number of nitrogens with one attached hydrogen (secondary N) is 2. The van der Waals surface area contributed by atoms with Gasteiger partial charge in [0.2, 0.25) is 0 Å². The number of fused-ring (bicyclic) bond motifs is 1. The molecule has 3 aromatic rings. The Bertz CT molecular complexity index is 1000. The van der Waals surface area contributed by atoms with Crippen molar-refractivity contribution in [2.75, 3.05) is 24.5 Å². The summed E-state index contributed by atoms with van der Waals surface area (Å²) < 4.78 is 2.11. The average Bonchev–Trinajstić information content (AvgIpc) is 3.18. The minimum atomic E-state index is 0. The molecular weight excluding hydrogens is 501 g/mol. The lowest BCUT2D eigenvalue weighted by Crippen LogP contribution is -2.48. The predicted molar refractivity (Wildman–Crippen MR) is 138 cm³/mol. The van der Waals surface area contributed by atoms with E-state index in [-0.39, 0.29) is 24.0 Å². The summed E-state index contributed by atoms with van der Waals surface area (Å²) in [5.74, 6) is 1.93. The number of hydrogen-bond donors (Lipinski definition) is 2. The molecule has 166 valence electrons. The molecule has 4 rings (SSSR count). The van der Waals surface area contributed by atoms with Gasteiger partial charge in [0, 0.05) is 43.8 Å². The third-order valence-corrected chi connectivity index (χ3v) is 5.54. The number of guanidine groups is 1. The Hall–Kier alpha value is -2.36. The van der Waals surface area contributed by atoms with E-state index in [9.17, 15) is 0 Å². The Kier molecular flexibility index (Phi) is 8.11. The standard InChI is InChI=1S/C23H31N7.HI/c1-4-24-23(26-15-20-16-30-18(3)6-5-7-22(30)27-20)28-19-10-12-29(13-11-19)21-9-8-17(2)14-25-21;/h5-9,14,16,19H,4,10-13,15H2,1-3H3,(H2,24,26,28);1H. The summed E-state index contributed by atoms with van der Waals surface area (Å²) in [4.78, 5) is 16.4. The maximum absolute atomic E-state index is 4.78. The van der Waals surface area contributed by atoms with E-state index in [0.29, 0.717) is 12.6 Å². The average molecular weight is 533 g/mol. The second-order valence-electron chi connectivity index (χ2n) is 7.92. The summed E-state index contributed by atoms with van der Waals surface area (Å²) in [6, 6.07) is 10.8. The highest BCUT2D eigenvalue weighted by Gasteiger charge is 2.20. The maximum atomic E-state index is 4.78. The first-order valence-electron chi connectivity index (χ1n) is 10.8. The van der Waals surface area contributed by atoms with Gasteiger partial charge in [-0.2, -0.15) is 0 Å². The number of halogens is 1. The van der Waals surface area contributed by atoms with E-state index >= 15 is 0 Å². The van der Waals surface area contributed by atoms with Crippen LogP contribution >= 0.6 is 24.0 Å². The van der Waals surface area contributed by atoms with Crippen molar-refractivity contribution >= 4 is 41.4 Å². The maximum Gasteiger partial charge on any atom is 0.191 e. The summed E-state index contributed by atoms with van der Waals surface area (Å²) >= 11 is 0. The largest absolute Gasteiger partial charge is 0.357 e. The topological polar surface area (TPSA) is 69.8 Å². The van der Waals surface area contributed by atoms with Crippen molar-refractivity contribution in [1.29, 1.82) is 0 Å². The lowest BCUT2D eigenvalue weighted by molar-refractivity contribution is 0.459. The lowest BCUT2D eigenvalue weighted by atomic mass is 10.1. The van der Waals surface area contributed by atoms with Gasteiger partial charge in [-0.05, 0) is 57.4 Å². The summed E-state index contributed by atoms with van der Waals surface area (Å²) in [5, 5.41) is 6.98. The van der Waals surface area contributed by atoms with Crippen LogP contribution in [0.25, 0.3) is 5.65 Å². The molecule has 0 atom stereocenters. The van der Waals surface area contributed by atoms with Crippen molar-refractivity contribution in [3.8, 4) is 0 Å². The molecule has 3 aromatic heterocycles. The second kappa shape index (κ2) is 10.8. The molecule has 0 aromatic carbocycles. The zero-order valence-corrected chi connectivity index (χ0v) is 20.8. The van der Waals surface area contributed by atoms with Crippen LogP contribution in [0.3, 0.4) is 0 Å². The lowest BCUT2D eigenvalue weighted by Gasteiger charge is -2.33. The monoisotopic (exact) mass is 533 g/mol. The number of rotatable bonds is 5. The van der Waals surface area contributed by atoms with Crippen LogP contribution in [-0.2, 0) is 6.54 Å². The van der Waals surface area contributed by atoms with Crippen LogP contribution in [0.2, 0.25) is 0 Å². The van der Waals surface area contributed by atoms with Gasteiger partial charge in [-0.1, -0.05) is 12.1 Å². The second-order valence-corrected chi connectivity index (χ2v) is 7.92. The fourth-order valence-electron chi connectivity index (χ4n) is 3.85. The van der Waals surface area contributed by atoms with Gasteiger partial charge in [0.1, 0.15) is 11.5 Å². The van der Waals surface area contributed by atoms with Crippen LogP contribution in [0.5, 0.6) is 0 Å². The first kappa shape index (κ1) is 23.3. The summed E-state index contributed by atoms with van der Waals surface area (Å²) in [6.07, 6.45) is 6.14. The van der Waals surface area contributed by atoms with E-state index in [1.165, 1.54) is 11.3 Å². The van der Waals surface area contributed by atoms with Crippen LogP contribution in [0.1, 0.15) is 36.7 Å². The van der Waals surface area contributed by atoms with E-state index in [2.05, 4.69) is 75.1 Å². The van der Waals surface area contributed by atoms with Crippen molar-refractivity contribution in [3.63, 3.8) is 0 Å². The Morgan fingerprint density at radius 2 is 1.97 bits per heavy atom. The fourth-order valence-corrected chi connectivity index (χ4v) is 3.85. The van der Waals surface area contributed by atoms with Crippen LogP contribution in [-0.4, -0.2) is 46.0 Å². The van der Waals surface area contributed by atoms with Gasteiger partial charge in [-0.25, -0.2) is 15.0 Å². The summed E-state index contributed by atoms with van der Waals surface area (Å²) in [7, 11) is 0. The molecule has 0 aliphatic carbocycles. The molecule has 8 heteroatoms. The molecule has 7 nitrogen and oxygen atoms in total. The van der Waals surface area contributed by atoms with Gasteiger partial charge in [-0.15, -0.1) is 24.0 Å². The van der Waals surface area contributed by atoms with Gasteiger partial charge in [0.05, 0.1) is 12.2 Å². The van der Waals surface area contributed by atoms with Crippen LogP contribution < -0.4 is 15.5 Å². The van der Waals surface area contributed by atoms with Crippen molar-refractivity contribution in [1.82, 2.24) is 25.0 Å². The first-order chi connectivity index (χ1) is 14.6. The highest BCUT2D eigenvalue weighted by atomic mass is 127. The molecule has 0 bridgehead atoms. The van der Waals surface area contributed by atoms with E-state index in [1.54, 1.807) is 0 Å². The summed E-state index contributed by atoms with van der Waals surface area (Å²) in [5.41, 5.74) is 4.31. The van der Waals surface area contributed by atoms with E-state index < -0.39 is 0 Å². The zero-order chi connectivity index (χ0) is 20.9. The van der Waals surface area contributed by atoms with Gasteiger partial charge >= 0.3 is 0 Å². The van der Waals surface area contributed by atoms with Crippen LogP contribution in [0.15, 0.2) is 47.7 Å². The van der Waals surface area contributed by atoms with Gasteiger partial charge in [0.25, 0.3) is 0 Å². The Morgan fingerprint density at radius 1 is 1.16 bits per heavy atom. The van der Waals surface area contributed by atoms with Gasteiger partial charge < -0.3 is 19.9 Å². The number of nitrogens with zero attached hydrogens (tertiary/aromatic N) is 5. The summed E-state index contributed by atoms with van der Waals surface area (Å²) in [6.45, 7) is 9.65. The highest BCUT2D eigenvalue weighted by Crippen LogP contribution is 2.18. The molecule has 1 aliphatic rings. The van der Waals surface area contributed by atoms with Crippen LogP contribution in [0, 0.1) is 13.8 Å². The number of pyridine rings is 2. The molecule has 0 unspecified atom stereocenters. The molecule has 0 amide bonds. The minimum absolute atomic E-state index is 0. The quantitative estimate of drug-likeness (QED) is 0.298. The normalized spacial score (nSPS) is 15.1. The molecule has 1 saturated heterocycles. The van der Waals surface area contributed by atoms with E-state index in [4.69, 9.17) is 4.99 Å². The number of aliphatic imine (C=N–C) groups is 1. The Labute approximate surface area is 201 Å². The highest BCUT2D eigenvalue weighted by molar-refractivity contribution is 14.0. The van der Waals surface area contributed by atoms with Crippen molar-refractivity contribution in [2.45, 2.75) is 46.2 Å². The fraction of sp³-hybridized carbons (Fsp3) is 0.435. The number of anilines is 1. The third-order valence-electron chi connectivity index (χ3n) is 5.54. The Balaban J connectivity index is 0.00000272. The van der Waals surface area contributed by atoms with Crippen molar-refractivity contribution < 1.29 is 0 Å². The van der Waals surface area contributed by atoms with Crippen LogP contribution in [0.4, 0.5) is 5.82 Å². The number of piperidine rings is 1. The van der Waals surface area contributed by atoms with Gasteiger partial charge in [-0.3, -0.25) is 0 Å². The molecule has 2 N–H and O–H groups in total. The molecule has 0 saturated carbocycles. The Morgan fingerprint density at radius 3 is 2.65 bits per heavy atom. The van der Waals surface area contributed by atoms with Crippen molar-refractivity contribution in [2.24, 2.45) is 4.99 Å². The van der Waals surface area contributed by atoms with Crippen molar-refractivity contribution in [3.05, 3.63) is 59.7 Å². The molecule has 1 aliphatic heterocycles. The van der Waals surface area contributed by atoms with Gasteiger partial charge in [0.15, 0.2) is 5.96 Å². The number of hydrogen-bond acceptors (Lipinski definition) is 4. The minimum Gasteiger partial charge on any atom is -0.357 e. The number of aromatic nitrogens is 3. The smallest absolute Gasteiger partial charge is 0.191 e. The van der Waals surface area contributed by atoms with E-state index in [1.807, 2.05) is 18.3 Å². The SMILES string of the molecule is CCNC(=NCc1cn2c(C)cccc2n1)NC1CCN(c2ccc(C)cn2)CC1.I. The first-order valence-corrected chi connectivity index (χ1v) is 10.8. The molecule has 0 radical (unpaired) electrons.